The molecule has 2 aliphatic rings. The van der Waals surface area contributed by atoms with Crippen LogP contribution in [0.4, 0.5) is 0 Å². The lowest BCUT2D eigenvalue weighted by atomic mass is 9.76. The van der Waals surface area contributed by atoms with Crippen molar-refractivity contribution in [1.82, 2.24) is 0 Å². The van der Waals surface area contributed by atoms with E-state index in [0.717, 1.165) is 5.57 Å². The van der Waals surface area contributed by atoms with Crippen molar-refractivity contribution in [3.05, 3.63) is 58.5 Å². The van der Waals surface area contributed by atoms with Crippen LogP contribution >= 0.6 is 0 Å². The van der Waals surface area contributed by atoms with Crippen molar-refractivity contribution in [3.8, 4) is 6.07 Å². The Bertz CT molecular complexity index is 865. The summed E-state index contributed by atoms with van der Waals surface area (Å²) in [5.41, 5.74) is 15.2. The summed E-state index contributed by atoms with van der Waals surface area (Å²) >= 11 is 0. The van der Waals surface area contributed by atoms with E-state index in [1.807, 2.05) is 24.3 Å². The zero-order valence-electron chi connectivity index (χ0n) is 16.3. The van der Waals surface area contributed by atoms with Gasteiger partial charge in [-0.2, -0.15) is 5.26 Å². The van der Waals surface area contributed by atoms with Crippen LogP contribution in [0.25, 0.3) is 0 Å². The largest absolute Gasteiger partial charge is 0.404 e. The molecule has 28 heavy (non-hydrogen) atoms. The lowest BCUT2D eigenvalue weighted by Gasteiger charge is -2.26. The van der Waals surface area contributed by atoms with Crippen molar-refractivity contribution >= 4 is 11.5 Å². The van der Waals surface area contributed by atoms with Gasteiger partial charge in [0.2, 0.25) is 12.0 Å². The molecule has 0 saturated carbocycles. The van der Waals surface area contributed by atoms with Crippen molar-refractivity contribution in [3.63, 3.8) is 0 Å². The van der Waals surface area contributed by atoms with Gasteiger partial charge in [0.05, 0.1) is 29.2 Å². The van der Waals surface area contributed by atoms with Crippen LogP contribution in [0.1, 0.15) is 13.3 Å². The van der Waals surface area contributed by atoms with Crippen LogP contribution in [0.15, 0.2) is 58.5 Å². The average Bonchev–Trinajstić information content (AvgIpc) is 2.67. The Morgan fingerprint density at radius 1 is 1.43 bits per heavy atom. The van der Waals surface area contributed by atoms with Crippen LogP contribution in [0.5, 0.6) is 0 Å². The van der Waals surface area contributed by atoms with Gasteiger partial charge in [-0.1, -0.05) is 18.2 Å². The van der Waals surface area contributed by atoms with Crippen molar-refractivity contribution < 1.29 is 25.0 Å². The first kappa shape index (κ1) is 21.3. The fourth-order valence-corrected chi connectivity index (χ4v) is 3.23. The molecule has 0 bridgehead atoms. The highest BCUT2D eigenvalue weighted by Gasteiger charge is 2.41. The summed E-state index contributed by atoms with van der Waals surface area (Å²) in [6, 6.07) is 2.22. The molecule has 1 aliphatic carbocycles. The zero-order valence-corrected chi connectivity index (χ0v) is 16.3. The third-order valence-electron chi connectivity index (χ3n) is 4.60. The SMILES string of the molecule is COC(OC)C1=C(C#N)C(C2=CC=C/C(=C\C[C@@H](C)O)C2=[NH2+])/C(=C/N)C(N)=[NH+]1. The Kier molecular flexibility index (Phi) is 7.06. The van der Waals surface area contributed by atoms with E-state index >= 15 is 0 Å². The minimum Gasteiger partial charge on any atom is -0.404 e. The monoisotopic (exact) mass is 385 g/mol. The maximum Gasteiger partial charge on any atom is 0.276 e. The third kappa shape index (κ3) is 4.12. The minimum absolute atomic E-state index is 0.290. The van der Waals surface area contributed by atoms with Crippen molar-refractivity contribution in [2.75, 3.05) is 14.2 Å². The van der Waals surface area contributed by atoms with Gasteiger partial charge in [0.25, 0.3) is 5.84 Å². The Hall–Kier alpha value is -2.99. The topological polar surface area (TPSA) is 154 Å². The van der Waals surface area contributed by atoms with E-state index in [1.54, 1.807) is 6.92 Å². The summed E-state index contributed by atoms with van der Waals surface area (Å²) in [5.74, 6) is -0.294. The van der Waals surface area contributed by atoms with E-state index in [0.29, 0.717) is 40.4 Å². The molecule has 0 fully saturated rings. The normalized spacial score (nSPS) is 23.9. The van der Waals surface area contributed by atoms with Crippen LogP contribution in [-0.2, 0) is 9.47 Å². The molecule has 8 nitrogen and oxygen atoms in total. The van der Waals surface area contributed by atoms with Gasteiger partial charge in [0.1, 0.15) is 0 Å². The molecule has 1 unspecified atom stereocenters. The number of methoxy groups -OCH3 is 2. The molecule has 0 amide bonds. The number of rotatable bonds is 6. The number of amidine groups is 1. The molecule has 0 saturated heterocycles. The molecular formula is C20H27N5O3+2. The Balaban J connectivity index is 2.60. The highest BCUT2D eigenvalue weighted by Crippen LogP contribution is 2.34. The molecular weight excluding hydrogens is 358 g/mol. The number of nitriles is 1. The molecule has 2 rings (SSSR count). The smallest absolute Gasteiger partial charge is 0.276 e. The van der Waals surface area contributed by atoms with Crippen LogP contribution < -0.4 is 21.9 Å². The maximum absolute atomic E-state index is 9.91. The number of allylic oxidation sites excluding steroid dienone is 6. The number of ether oxygens (including phenoxy) is 2. The molecule has 0 aromatic heterocycles. The molecule has 2 atom stereocenters. The van der Waals surface area contributed by atoms with Crippen molar-refractivity contribution in [1.29, 1.82) is 5.26 Å². The molecule has 0 aromatic rings. The summed E-state index contributed by atoms with van der Waals surface area (Å²) in [7, 11) is 2.94. The number of nitrogens with zero attached hydrogens (tertiary/aromatic N) is 1. The van der Waals surface area contributed by atoms with Gasteiger partial charge in [0.15, 0.2) is 5.70 Å². The van der Waals surface area contributed by atoms with Gasteiger partial charge in [-0.15, -0.1) is 0 Å². The second-order valence-corrected chi connectivity index (χ2v) is 6.48. The number of nitrogens with one attached hydrogen (secondary N) is 1. The summed E-state index contributed by atoms with van der Waals surface area (Å²) < 4.78 is 10.6. The van der Waals surface area contributed by atoms with E-state index in [4.69, 9.17) is 26.4 Å². The van der Waals surface area contributed by atoms with E-state index in [-0.39, 0.29) is 0 Å². The molecule has 0 aromatic carbocycles. The highest BCUT2D eigenvalue weighted by molar-refractivity contribution is 6.13. The van der Waals surface area contributed by atoms with Crippen molar-refractivity contribution in [2.24, 2.45) is 17.4 Å². The fourth-order valence-electron chi connectivity index (χ4n) is 3.23. The van der Waals surface area contributed by atoms with E-state index in [9.17, 15) is 10.4 Å². The summed E-state index contributed by atoms with van der Waals surface area (Å²) in [6.45, 7) is 1.70. The van der Waals surface area contributed by atoms with Gasteiger partial charge in [-0.05, 0) is 19.4 Å². The second kappa shape index (κ2) is 9.28. The Labute approximate surface area is 164 Å². The number of aliphatic hydroxyl groups excluding tert-OH is 1. The first-order valence-corrected chi connectivity index (χ1v) is 8.80. The minimum atomic E-state index is -0.804. The average molecular weight is 385 g/mol. The van der Waals surface area contributed by atoms with Crippen LogP contribution in [0, 0.1) is 17.2 Å². The van der Waals surface area contributed by atoms with E-state index in [2.05, 4.69) is 11.1 Å². The summed E-state index contributed by atoms with van der Waals surface area (Å²) in [5, 5.41) is 25.9. The molecule has 8 N–H and O–H groups in total. The first-order valence-electron chi connectivity index (χ1n) is 8.80. The number of aliphatic hydroxyl groups is 1. The van der Waals surface area contributed by atoms with Gasteiger partial charge in [-0.25, -0.2) is 4.99 Å². The molecule has 0 radical (unpaired) electrons. The second-order valence-electron chi connectivity index (χ2n) is 6.48. The fraction of sp³-hybridized carbons (Fsp3) is 0.350. The van der Waals surface area contributed by atoms with Gasteiger partial charge in [-0.3, -0.25) is 11.1 Å². The molecule has 1 heterocycles. The Morgan fingerprint density at radius 3 is 2.64 bits per heavy atom. The standard InChI is InChI=1S/C20H25N5O3/c1-11(26)7-8-12-5-4-6-13(17(12)23)16-14(9-21)18(20(27-2)28-3)25-19(24)15(16)10-22/h4-6,8,10-11,16,20,23,26H,7,22H2,1-3H3,(H2,24,25)/p+2/b12-8+,15-10-,23-17?/t11-,16?/m1/s1. The van der Waals surface area contributed by atoms with Crippen molar-refractivity contribution in [2.45, 2.75) is 25.7 Å². The molecule has 0 spiro atoms. The van der Waals surface area contributed by atoms with Gasteiger partial charge in [0, 0.05) is 31.6 Å². The third-order valence-corrected chi connectivity index (χ3v) is 4.60. The molecule has 8 heteroatoms. The number of hydrogen-bond acceptors (Lipinski definition) is 6. The maximum atomic E-state index is 9.91. The lowest BCUT2D eigenvalue weighted by Crippen LogP contribution is -2.79. The van der Waals surface area contributed by atoms with Gasteiger partial charge < -0.3 is 20.3 Å². The molecule has 1 aliphatic heterocycles. The van der Waals surface area contributed by atoms with E-state index in [1.165, 1.54) is 20.4 Å². The summed E-state index contributed by atoms with van der Waals surface area (Å²) in [6.07, 6.45) is 7.89. The Morgan fingerprint density at radius 2 is 2.11 bits per heavy atom. The zero-order chi connectivity index (χ0) is 20.8. The van der Waals surface area contributed by atoms with Crippen LogP contribution in [0.3, 0.4) is 0 Å². The number of hydrogen-bond donors (Lipinski definition) is 5. The predicted molar refractivity (Wildman–Crippen MR) is 105 cm³/mol. The highest BCUT2D eigenvalue weighted by atomic mass is 16.7. The van der Waals surface area contributed by atoms with Gasteiger partial charge >= 0.3 is 0 Å². The lowest BCUT2D eigenvalue weighted by molar-refractivity contribution is -0.428. The van der Waals surface area contributed by atoms with E-state index < -0.39 is 18.3 Å². The number of nitrogens with two attached hydrogens (primary N) is 3. The summed E-state index contributed by atoms with van der Waals surface area (Å²) in [4.78, 5) is 2.97. The quantitative estimate of drug-likeness (QED) is 0.324. The predicted octanol–water partition coefficient (Wildman–Crippen LogP) is -2.31. The molecule has 148 valence electrons. The first-order chi connectivity index (χ1) is 13.4. The van der Waals surface area contributed by atoms with Crippen LogP contribution in [-0.4, -0.2) is 43.3 Å². The van der Waals surface area contributed by atoms with Crippen LogP contribution in [0.2, 0.25) is 0 Å².